The maximum absolute atomic E-state index is 11.8. The highest BCUT2D eigenvalue weighted by Gasteiger charge is 2.38. The van der Waals surface area contributed by atoms with E-state index >= 15 is 0 Å². The molecule has 1 aliphatic rings. The summed E-state index contributed by atoms with van der Waals surface area (Å²) in [6.07, 6.45) is 14.7. The van der Waals surface area contributed by atoms with Gasteiger partial charge in [-0.2, -0.15) is 0 Å². The Labute approximate surface area is 154 Å². The second-order valence-corrected chi connectivity index (χ2v) is 7.94. The molecule has 1 rings (SSSR count). The zero-order valence-electron chi connectivity index (χ0n) is 16.7. The molecular weight excluding hydrogens is 316 g/mol. The van der Waals surface area contributed by atoms with Crippen LogP contribution in [0.3, 0.4) is 0 Å². The van der Waals surface area contributed by atoms with Crippen LogP contribution in [-0.4, -0.2) is 35.5 Å². The van der Waals surface area contributed by atoms with Gasteiger partial charge in [-0.05, 0) is 20.3 Å². The first-order valence-electron chi connectivity index (χ1n) is 10.5. The lowest BCUT2D eigenvalue weighted by atomic mass is 10.00. The molecule has 0 amide bonds. The molecule has 1 fully saturated rings. The van der Waals surface area contributed by atoms with Crippen molar-refractivity contribution in [3.05, 3.63) is 0 Å². The van der Waals surface area contributed by atoms with E-state index in [0.717, 1.165) is 12.8 Å². The van der Waals surface area contributed by atoms with Gasteiger partial charge in [0, 0.05) is 0 Å². The Morgan fingerprint density at radius 3 is 1.96 bits per heavy atom. The van der Waals surface area contributed by atoms with E-state index in [0.29, 0.717) is 6.42 Å². The number of Topliss-reactive ketones (excluding diaryl/α,β-unsaturated/α-hetero) is 1. The fourth-order valence-electron chi connectivity index (χ4n) is 3.37. The van der Waals surface area contributed by atoms with Crippen molar-refractivity contribution >= 4 is 5.78 Å². The first-order chi connectivity index (χ1) is 12.0. The molecule has 0 unspecified atom stereocenters. The average Bonchev–Trinajstić information content (AvgIpc) is 2.58. The monoisotopic (exact) mass is 356 g/mol. The largest absolute Gasteiger partial charge is 0.390 e. The zero-order chi connectivity index (χ0) is 18.5. The molecule has 4 heteroatoms. The van der Waals surface area contributed by atoms with Gasteiger partial charge in [0.15, 0.2) is 11.6 Å². The fourth-order valence-corrected chi connectivity index (χ4v) is 3.37. The van der Waals surface area contributed by atoms with Crippen LogP contribution in [0, 0.1) is 0 Å². The van der Waals surface area contributed by atoms with Gasteiger partial charge in [0.05, 0.1) is 6.10 Å². The number of hydrogen-bond donors (Lipinski definition) is 1. The lowest BCUT2D eigenvalue weighted by Gasteiger charge is -2.36. The molecule has 0 aromatic rings. The van der Waals surface area contributed by atoms with E-state index in [4.69, 9.17) is 9.47 Å². The lowest BCUT2D eigenvalue weighted by Crippen LogP contribution is -2.51. The standard InChI is InChI=1S/C21H40O4/c1-4-5-6-7-8-9-10-11-12-13-14-15-16-18(22)20-19(23)17-24-21(2,3)25-20/h18,20,22H,4-17H2,1-3H3/t18-,20-/m1/s1. The van der Waals surface area contributed by atoms with E-state index in [1.165, 1.54) is 64.2 Å². The normalized spacial score (nSPS) is 21.4. The smallest absolute Gasteiger partial charge is 0.190 e. The third-order valence-corrected chi connectivity index (χ3v) is 4.99. The van der Waals surface area contributed by atoms with Crippen molar-refractivity contribution in [3.8, 4) is 0 Å². The molecule has 1 saturated heterocycles. The lowest BCUT2D eigenvalue weighted by molar-refractivity contribution is -0.271. The highest BCUT2D eigenvalue weighted by atomic mass is 16.7. The quantitative estimate of drug-likeness (QED) is 0.437. The van der Waals surface area contributed by atoms with Crippen molar-refractivity contribution in [2.45, 2.75) is 122 Å². The molecular formula is C21H40O4. The van der Waals surface area contributed by atoms with Gasteiger partial charge in [0.25, 0.3) is 0 Å². The highest BCUT2D eigenvalue weighted by molar-refractivity contribution is 5.85. The van der Waals surface area contributed by atoms with Crippen LogP contribution in [0.2, 0.25) is 0 Å². The van der Waals surface area contributed by atoms with Crippen LogP contribution in [0.25, 0.3) is 0 Å². The van der Waals surface area contributed by atoms with E-state index in [9.17, 15) is 9.90 Å². The highest BCUT2D eigenvalue weighted by Crippen LogP contribution is 2.24. The molecule has 0 radical (unpaired) electrons. The molecule has 4 nitrogen and oxygen atoms in total. The number of ketones is 1. The summed E-state index contributed by atoms with van der Waals surface area (Å²) in [7, 11) is 0. The summed E-state index contributed by atoms with van der Waals surface area (Å²) < 4.78 is 10.9. The van der Waals surface area contributed by atoms with Crippen LogP contribution in [-0.2, 0) is 14.3 Å². The van der Waals surface area contributed by atoms with Gasteiger partial charge in [-0.3, -0.25) is 4.79 Å². The minimum Gasteiger partial charge on any atom is -0.390 e. The van der Waals surface area contributed by atoms with Crippen molar-refractivity contribution in [1.82, 2.24) is 0 Å². The molecule has 0 aliphatic carbocycles. The molecule has 1 aliphatic heterocycles. The van der Waals surface area contributed by atoms with Crippen molar-refractivity contribution in [2.24, 2.45) is 0 Å². The van der Waals surface area contributed by atoms with Crippen LogP contribution in [0.5, 0.6) is 0 Å². The Kier molecular flexibility index (Phi) is 11.6. The van der Waals surface area contributed by atoms with E-state index in [2.05, 4.69) is 6.92 Å². The van der Waals surface area contributed by atoms with E-state index < -0.39 is 18.0 Å². The molecule has 0 spiro atoms. The predicted molar refractivity (Wildman–Crippen MR) is 102 cm³/mol. The molecule has 25 heavy (non-hydrogen) atoms. The van der Waals surface area contributed by atoms with Crippen LogP contribution in [0.15, 0.2) is 0 Å². The van der Waals surface area contributed by atoms with Crippen LogP contribution < -0.4 is 0 Å². The Bertz CT molecular complexity index is 354. The molecule has 1 heterocycles. The SMILES string of the molecule is CCCCCCCCCCCCCC[C@@H](O)[C@H]1OC(C)(C)OCC1=O. The molecule has 148 valence electrons. The number of aliphatic hydroxyl groups excluding tert-OH is 1. The van der Waals surface area contributed by atoms with Crippen LogP contribution in [0.1, 0.15) is 104 Å². The zero-order valence-corrected chi connectivity index (χ0v) is 16.7. The van der Waals surface area contributed by atoms with E-state index in [-0.39, 0.29) is 12.4 Å². The Morgan fingerprint density at radius 1 is 0.960 bits per heavy atom. The number of carbonyl (C=O) groups excluding carboxylic acids is 1. The number of aliphatic hydroxyl groups is 1. The predicted octanol–water partition coefficient (Wildman–Crippen LogP) is 5.16. The molecule has 2 atom stereocenters. The minimum atomic E-state index is -0.782. The number of hydrogen-bond acceptors (Lipinski definition) is 4. The Hall–Kier alpha value is -0.450. The van der Waals surface area contributed by atoms with Gasteiger partial charge in [0.1, 0.15) is 12.7 Å². The number of carbonyl (C=O) groups is 1. The molecule has 0 bridgehead atoms. The fraction of sp³-hybridized carbons (Fsp3) is 0.952. The van der Waals surface area contributed by atoms with Crippen LogP contribution in [0.4, 0.5) is 0 Å². The molecule has 0 aromatic heterocycles. The van der Waals surface area contributed by atoms with Crippen molar-refractivity contribution < 1.29 is 19.4 Å². The summed E-state index contributed by atoms with van der Waals surface area (Å²) in [4.78, 5) is 11.8. The van der Waals surface area contributed by atoms with Crippen molar-refractivity contribution in [1.29, 1.82) is 0 Å². The first kappa shape index (κ1) is 22.6. The van der Waals surface area contributed by atoms with Gasteiger partial charge >= 0.3 is 0 Å². The number of unbranched alkanes of at least 4 members (excludes halogenated alkanes) is 11. The molecule has 1 N–H and O–H groups in total. The van der Waals surface area contributed by atoms with Crippen molar-refractivity contribution in [2.75, 3.05) is 6.61 Å². The maximum atomic E-state index is 11.8. The second-order valence-electron chi connectivity index (χ2n) is 7.94. The molecule has 0 saturated carbocycles. The Balaban J connectivity index is 1.96. The van der Waals surface area contributed by atoms with Gasteiger partial charge in [0.2, 0.25) is 0 Å². The topological polar surface area (TPSA) is 55.8 Å². The van der Waals surface area contributed by atoms with Gasteiger partial charge in [-0.1, -0.05) is 84.0 Å². The Morgan fingerprint density at radius 2 is 1.44 bits per heavy atom. The van der Waals surface area contributed by atoms with Crippen molar-refractivity contribution in [3.63, 3.8) is 0 Å². The average molecular weight is 357 g/mol. The third kappa shape index (κ3) is 10.3. The number of ether oxygens (including phenoxy) is 2. The van der Waals surface area contributed by atoms with Gasteiger partial charge in [-0.25, -0.2) is 0 Å². The first-order valence-corrected chi connectivity index (χ1v) is 10.5. The summed E-state index contributed by atoms with van der Waals surface area (Å²) in [6, 6.07) is 0. The van der Waals surface area contributed by atoms with Crippen LogP contribution >= 0.6 is 0 Å². The summed E-state index contributed by atoms with van der Waals surface area (Å²) in [5, 5.41) is 10.2. The summed E-state index contributed by atoms with van der Waals surface area (Å²) >= 11 is 0. The van der Waals surface area contributed by atoms with Gasteiger partial charge in [-0.15, -0.1) is 0 Å². The van der Waals surface area contributed by atoms with E-state index in [1.807, 2.05) is 0 Å². The minimum absolute atomic E-state index is 0.0349. The second kappa shape index (κ2) is 12.8. The summed E-state index contributed by atoms with van der Waals surface area (Å²) in [5.74, 6) is -0.929. The summed E-state index contributed by atoms with van der Waals surface area (Å²) in [6.45, 7) is 5.85. The summed E-state index contributed by atoms with van der Waals surface area (Å²) in [5.41, 5.74) is 0. The van der Waals surface area contributed by atoms with Gasteiger partial charge < -0.3 is 14.6 Å². The maximum Gasteiger partial charge on any atom is 0.190 e. The molecule has 0 aromatic carbocycles. The third-order valence-electron chi connectivity index (χ3n) is 4.99. The number of rotatable bonds is 14. The van der Waals surface area contributed by atoms with E-state index in [1.54, 1.807) is 13.8 Å².